The third kappa shape index (κ3) is 3.22. The van der Waals surface area contributed by atoms with Crippen molar-refractivity contribution in [3.63, 3.8) is 0 Å². The minimum atomic E-state index is 0.672. The molecule has 0 bridgehead atoms. The maximum atomic E-state index is 8.71. The number of anilines is 1. The summed E-state index contributed by atoms with van der Waals surface area (Å²) in [5.41, 5.74) is 1.78. The van der Waals surface area contributed by atoms with Gasteiger partial charge in [0.25, 0.3) is 0 Å². The van der Waals surface area contributed by atoms with E-state index in [1.165, 1.54) is 0 Å². The van der Waals surface area contributed by atoms with Gasteiger partial charge in [-0.05, 0) is 24.0 Å². The van der Waals surface area contributed by atoms with Gasteiger partial charge in [0.15, 0.2) is 0 Å². The van der Waals surface area contributed by atoms with Crippen LogP contribution in [0.3, 0.4) is 0 Å². The molecule has 4 nitrogen and oxygen atoms in total. The van der Waals surface area contributed by atoms with Crippen LogP contribution in [0.1, 0.15) is 11.1 Å². The molecule has 1 aromatic carbocycles. The Balaban J connectivity index is 2.00. The smallest absolute Gasteiger partial charge is 0.130 e. The minimum Gasteiger partial charge on any atom is -0.366 e. The van der Waals surface area contributed by atoms with E-state index in [0.717, 1.165) is 16.4 Å². The van der Waals surface area contributed by atoms with Crippen LogP contribution in [0.2, 0.25) is 0 Å². The van der Waals surface area contributed by atoms with E-state index < -0.39 is 0 Å². The Labute approximate surface area is 110 Å². The van der Waals surface area contributed by atoms with Gasteiger partial charge < -0.3 is 5.32 Å². The van der Waals surface area contributed by atoms with E-state index in [2.05, 4.69) is 21.4 Å². The van der Waals surface area contributed by atoms with Gasteiger partial charge in [-0.15, -0.1) is 11.8 Å². The summed E-state index contributed by atoms with van der Waals surface area (Å²) < 4.78 is 0. The third-order valence-electron chi connectivity index (χ3n) is 2.41. The molecule has 0 fully saturated rings. The molecule has 2 rings (SSSR count). The fourth-order valence-electron chi connectivity index (χ4n) is 1.44. The topological polar surface area (TPSA) is 61.6 Å². The SMILES string of the molecule is CSc1cc(NCc2ccc(C#N)cc2)ncn1. The van der Waals surface area contributed by atoms with E-state index >= 15 is 0 Å². The molecular weight excluding hydrogens is 244 g/mol. The Morgan fingerprint density at radius 1 is 1.28 bits per heavy atom. The van der Waals surface area contributed by atoms with Gasteiger partial charge in [0.1, 0.15) is 17.2 Å². The van der Waals surface area contributed by atoms with E-state index in [0.29, 0.717) is 12.1 Å². The lowest BCUT2D eigenvalue weighted by Gasteiger charge is -2.06. The summed E-state index contributed by atoms with van der Waals surface area (Å²) in [7, 11) is 0. The number of thioether (sulfide) groups is 1. The summed E-state index contributed by atoms with van der Waals surface area (Å²) in [6, 6.07) is 11.5. The second-order valence-electron chi connectivity index (χ2n) is 3.61. The molecule has 0 spiro atoms. The molecule has 0 saturated carbocycles. The third-order valence-corrected chi connectivity index (χ3v) is 3.05. The Hall–Kier alpha value is -2.06. The maximum Gasteiger partial charge on any atom is 0.130 e. The lowest BCUT2D eigenvalue weighted by atomic mass is 10.1. The normalized spacial score (nSPS) is 9.78. The Bertz CT molecular complexity index is 560. The van der Waals surface area contributed by atoms with E-state index in [1.807, 2.05) is 36.6 Å². The first-order valence-electron chi connectivity index (χ1n) is 5.41. The van der Waals surface area contributed by atoms with Crippen molar-refractivity contribution in [3.8, 4) is 6.07 Å². The second-order valence-corrected chi connectivity index (χ2v) is 4.43. The highest BCUT2D eigenvalue weighted by Gasteiger charge is 1.98. The number of benzene rings is 1. The largest absolute Gasteiger partial charge is 0.366 e. The van der Waals surface area contributed by atoms with Crippen LogP contribution < -0.4 is 5.32 Å². The molecule has 0 radical (unpaired) electrons. The first kappa shape index (κ1) is 12.4. The monoisotopic (exact) mass is 256 g/mol. The van der Waals surface area contributed by atoms with Crippen LogP contribution in [0.25, 0.3) is 0 Å². The summed E-state index contributed by atoms with van der Waals surface area (Å²) in [5, 5.41) is 12.9. The summed E-state index contributed by atoms with van der Waals surface area (Å²) >= 11 is 1.58. The molecule has 0 aliphatic carbocycles. The number of nitriles is 1. The predicted octanol–water partition coefficient (Wildman–Crippen LogP) is 2.68. The molecule has 1 N–H and O–H groups in total. The number of aromatic nitrogens is 2. The van der Waals surface area contributed by atoms with Gasteiger partial charge in [-0.2, -0.15) is 5.26 Å². The summed E-state index contributed by atoms with van der Waals surface area (Å²) in [6.45, 7) is 0.677. The molecule has 0 atom stereocenters. The standard InChI is InChI=1S/C13H12N4S/c1-18-13-6-12(16-9-17-13)15-8-11-4-2-10(7-14)3-5-11/h2-6,9H,8H2,1H3,(H,15,16,17). The van der Waals surface area contributed by atoms with Gasteiger partial charge in [0.05, 0.1) is 11.6 Å². The number of nitrogens with zero attached hydrogens (tertiary/aromatic N) is 3. The lowest BCUT2D eigenvalue weighted by molar-refractivity contribution is 1.02. The van der Waals surface area contributed by atoms with Crippen LogP contribution in [0, 0.1) is 11.3 Å². The molecule has 0 aliphatic heterocycles. The van der Waals surface area contributed by atoms with Crippen molar-refractivity contribution in [1.82, 2.24) is 9.97 Å². The van der Waals surface area contributed by atoms with Gasteiger partial charge in [-0.3, -0.25) is 0 Å². The zero-order valence-corrected chi connectivity index (χ0v) is 10.7. The number of rotatable bonds is 4. The molecule has 0 aliphatic rings. The average molecular weight is 256 g/mol. The molecule has 0 unspecified atom stereocenters. The van der Waals surface area contributed by atoms with Crippen molar-refractivity contribution >= 4 is 17.6 Å². The van der Waals surface area contributed by atoms with Crippen molar-refractivity contribution < 1.29 is 0 Å². The zero-order chi connectivity index (χ0) is 12.8. The Kier molecular flexibility index (Phi) is 4.15. The number of nitrogens with one attached hydrogen (secondary N) is 1. The molecule has 0 saturated heterocycles. The van der Waals surface area contributed by atoms with Gasteiger partial charge in [0, 0.05) is 12.6 Å². The summed E-state index contributed by atoms with van der Waals surface area (Å²) in [6.07, 6.45) is 3.53. The fourth-order valence-corrected chi connectivity index (χ4v) is 1.82. The van der Waals surface area contributed by atoms with Crippen molar-refractivity contribution in [2.45, 2.75) is 11.6 Å². The predicted molar refractivity (Wildman–Crippen MR) is 72.3 cm³/mol. The summed E-state index contributed by atoms with van der Waals surface area (Å²) in [5.74, 6) is 0.804. The van der Waals surface area contributed by atoms with Gasteiger partial charge in [-0.1, -0.05) is 12.1 Å². The number of hydrogen-bond donors (Lipinski definition) is 1. The van der Waals surface area contributed by atoms with Crippen molar-refractivity contribution in [2.24, 2.45) is 0 Å². The molecule has 0 amide bonds. The first-order valence-corrected chi connectivity index (χ1v) is 6.63. The highest BCUT2D eigenvalue weighted by Crippen LogP contribution is 2.14. The van der Waals surface area contributed by atoms with Gasteiger partial charge >= 0.3 is 0 Å². The highest BCUT2D eigenvalue weighted by molar-refractivity contribution is 7.98. The Morgan fingerprint density at radius 3 is 2.72 bits per heavy atom. The van der Waals surface area contributed by atoms with Crippen LogP contribution in [0.4, 0.5) is 5.82 Å². The molecule has 1 aromatic heterocycles. The van der Waals surface area contributed by atoms with Crippen molar-refractivity contribution in [1.29, 1.82) is 5.26 Å². The van der Waals surface area contributed by atoms with Crippen LogP contribution in [-0.2, 0) is 6.54 Å². The lowest BCUT2D eigenvalue weighted by Crippen LogP contribution is -2.01. The number of hydrogen-bond acceptors (Lipinski definition) is 5. The van der Waals surface area contributed by atoms with Crippen molar-refractivity contribution in [3.05, 3.63) is 47.8 Å². The second kappa shape index (κ2) is 6.03. The molecule has 2 aromatic rings. The summed E-state index contributed by atoms with van der Waals surface area (Å²) in [4.78, 5) is 8.26. The van der Waals surface area contributed by atoms with E-state index in [-0.39, 0.29) is 0 Å². The molecule has 18 heavy (non-hydrogen) atoms. The van der Waals surface area contributed by atoms with Crippen LogP contribution >= 0.6 is 11.8 Å². The van der Waals surface area contributed by atoms with Gasteiger partial charge in [-0.25, -0.2) is 9.97 Å². The van der Waals surface area contributed by atoms with Gasteiger partial charge in [0.2, 0.25) is 0 Å². The van der Waals surface area contributed by atoms with E-state index in [4.69, 9.17) is 5.26 Å². The average Bonchev–Trinajstić information content (AvgIpc) is 2.46. The van der Waals surface area contributed by atoms with E-state index in [9.17, 15) is 0 Å². The van der Waals surface area contributed by atoms with E-state index in [1.54, 1.807) is 18.1 Å². The van der Waals surface area contributed by atoms with Crippen LogP contribution in [-0.4, -0.2) is 16.2 Å². The minimum absolute atomic E-state index is 0.672. The fraction of sp³-hybridized carbons (Fsp3) is 0.154. The maximum absolute atomic E-state index is 8.71. The first-order chi connectivity index (χ1) is 8.81. The van der Waals surface area contributed by atoms with Crippen LogP contribution in [0.5, 0.6) is 0 Å². The quantitative estimate of drug-likeness (QED) is 0.673. The molecule has 5 heteroatoms. The molecular formula is C13H12N4S. The molecule has 1 heterocycles. The Morgan fingerprint density at radius 2 is 2.06 bits per heavy atom. The molecule has 90 valence electrons. The zero-order valence-electron chi connectivity index (χ0n) is 9.92. The highest BCUT2D eigenvalue weighted by atomic mass is 32.2. The van der Waals surface area contributed by atoms with Crippen molar-refractivity contribution in [2.75, 3.05) is 11.6 Å². The van der Waals surface area contributed by atoms with Crippen LogP contribution in [0.15, 0.2) is 41.7 Å².